The molecule has 11 nitrogen and oxygen atoms in total. The van der Waals surface area contributed by atoms with Crippen molar-refractivity contribution in [2.75, 3.05) is 12.3 Å². The van der Waals surface area contributed by atoms with Crippen LogP contribution in [0, 0.1) is 6.92 Å². The van der Waals surface area contributed by atoms with Crippen LogP contribution < -0.4 is 10.9 Å². The van der Waals surface area contributed by atoms with E-state index in [1.165, 1.54) is 34.5 Å². The fourth-order valence-corrected chi connectivity index (χ4v) is 3.67. The maximum atomic E-state index is 12.8. The topological polar surface area (TPSA) is 125 Å². The third-order valence-electron chi connectivity index (χ3n) is 4.66. The molecule has 4 rings (SSSR count). The van der Waals surface area contributed by atoms with Crippen LogP contribution in [0.3, 0.4) is 0 Å². The summed E-state index contributed by atoms with van der Waals surface area (Å²) in [5.41, 5.74) is 2.55. The number of fused-ring (bicyclic) bond motifs is 1. The second kappa shape index (κ2) is 9.08. The van der Waals surface area contributed by atoms with Gasteiger partial charge in [-0.1, -0.05) is 41.6 Å². The molecular formula is C19H21N9O2S. The molecule has 1 aromatic carbocycles. The molecule has 12 heteroatoms. The molecule has 31 heavy (non-hydrogen) atoms. The van der Waals surface area contributed by atoms with Crippen LogP contribution in [0.5, 0.6) is 0 Å². The number of hydrogen-bond acceptors (Lipinski definition) is 8. The minimum Gasteiger partial charge on any atom is -0.354 e. The maximum Gasteiger partial charge on any atom is 0.264 e. The zero-order valence-corrected chi connectivity index (χ0v) is 17.9. The van der Waals surface area contributed by atoms with Gasteiger partial charge in [0.1, 0.15) is 11.7 Å². The third kappa shape index (κ3) is 4.79. The quantitative estimate of drug-likeness (QED) is 0.391. The number of hydrogen-bond donors (Lipinski definition) is 1. The van der Waals surface area contributed by atoms with Gasteiger partial charge in [0.05, 0.1) is 25.0 Å². The van der Waals surface area contributed by atoms with Crippen LogP contribution in [0.2, 0.25) is 0 Å². The molecule has 0 fully saturated rings. The normalized spacial score (nSPS) is 11.2. The number of nitrogens with one attached hydrogen (secondary N) is 1. The van der Waals surface area contributed by atoms with Crippen LogP contribution in [-0.4, -0.2) is 57.7 Å². The molecule has 3 aromatic heterocycles. The zero-order chi connectivity index (χ0) is 21.8. The van der Waals surface area contributed by atoms with Gasteiger partial charge in [0.15, 0.2) is 5.65 Å². The summed E-state index contributed by atoms with van der Waals surface area (Å²) in [5, 5.41) is 19.2. The van der Waals surface area contributed by atoms with E-state index in [2.05, 4.69) is 30.9 Å². The second-order valence-corrected chi connectivity index (χ2v) is 7.93. The highest BCUT2D eigenvalue weighted by atomic mass is 32.2. The van der Waals surface area contributed by atoms with Crippen LogP contribution in [-0.2, 0) is 24.9 Å². The lowest BCUT2D eigenvalue weighted by Gasteiger charge is -2.08. The van der Waals surface area contributed by atoms with E-state index in [1.54, 1.807) is 16.3 Å². The molecule has 0 aliphatic carbocycles. The number of amides is 1. The van der Waals surface area contributed by atoms with Crippen LogP contribution in [0.25, 0.3) is 11.0 Å². The van der Waals surface area contributed by atoms with E-state index in [-0.39, 0.29) is 17.2 Å². The van der Waals surface area contributed by atoms with Crippen molar-refractivity contribution in [3.05, 3.63) is 58.3 Å². The monoisotopic (exact) mass is 439 g/mol. The lowest BCUT2D eigenvalue weighted by atomic mass is 10.1. The smallest absolute Gasteiger partial charge is 0.264 e. The van der Waals surface area contributed by atoms with Crippen LogP contribution in [0.15, 0.2) is 46.7 Å². The fourth-order valence-electron chi connectivity index (χ4n) is 2.99. The first-order chi connectivity index (χ1) is 15.0. The van der Waals surface area contributed by atoms with Gasteiger partial charge in [-0.05, 0) is 22.9 Å². The number of rotatable bonds is 8. The summed E-state index contributed by atoms with van der Waals surface area (Å²) in [5.74, 6) is 0.0635. The number of aromatic nitrogens is 8. The molecule has 0 aliphatic rings. The van der Waals surface area contributed by atoms with Crippen molar-refractivity contribution in [1.82, 2.24) is 44.9 Å². The number of nitrogens with zero attached hydrogens (tertiary/aromatic N) is 8. The van der Waals surface area contributed by atoms with Crippen molar-refractivity contribution < 1.29 is 4.79 Å². The molecule has 0 radical (unpaired) electrons. The summed E-state index contributed by atoms with van der Waals surface area (Å²) in [6, 6.07) is 8.02. The van der Waals surface area contributed by atoms with Gasteiger partial charge in [-0.15, -0.1) is 5.10 Å². The highest BCUT2D eigenvalue weighted by Crippen LogP contribution is 2.11. The lowest BCUT2D eigenvalue weighted by molar-refractivity contribution is -0.118. The van der Waals surface area contributed by atoms with Gasteiger partial charge in [0, 0.05) is 13.6 Å². The molecule has 0 unspecified atom stereocenters. The molecule has 0 bridgehead atoms. The van der Waals surface area contributed by atoms with Crippen LogP contribution >= 0.6 is 11.8 Å². The van der Waals surface area contributed by atoms with Crippen LogP contribution in [0.1, 0.15) is 11.1 Å². The second-order valence-electron chi connectivity index (χ2n) is 6.99. The summed E-state index contributed by atoms with van der Waals surface area (Å²) < 4.78 is 4.69. The summed E-state index contributed by atoms with van der Waals surface area (Å²) in [6.45, 7) is 3.23. The lowest BCUT2D eigenvalue weighted by Crippen LogP contribution is -2.29. The van der Waals surface area contributed by atoms with Crippen molar-refractivity contribution in [2.45, 2.75) is 25.2 Å². The number of carbonyl (C=O) groups excluding carboxylic acids is 1. The molecule has 0 aliphatic heterocycles. The van der Waals surface area contributed by atoms with Crippen molar-refractivity contribution in [3.63, 3.8) is 0 Å². The Bertz CT molecular complexity index is 1260. The first-order valence-electron chi connectivity index (χ1n) is 9.59. The van der Waals surface area contributed by atoms with Gasteiger partial charge in [-0.2, -0.15) is 5.10 Å². The highest BCUT2D eigenvalue weighted by Gasteiger charge is 2.11. The number of benzene rings is 1. The highest BCUT2D eigenvalue weighted by molar-refractivity contribution is 7.99. The summed E-state index contributed by atoms with van der Waals surface area (Å²) >= 11 is 1.25. The maximum absolute atomic E-state index is 12.8. The van der Waals surface area contributed by atoms with Crippen molar-refractivity contribution in [3.8, 4) is 0 Å². The third-order valence-corrected chi connectivity index (χ3v) is 5.67. The SMILES string of the molecule is Cc1ccc(Cn2cnc3c(cnn3CCNC(=O)CSc3nnnn3C)c2=O)cc1. The Labute approximate surface area is 181 Å². The van der Waals surface area contributed by atoms with Gasteiger partial charge < -0.3 is 5.32 Å². The average Bonchev–Trinajstić information content (AvgIpc) is 3.36. The Balaban J connectivity index is 1.36. The van der Waals surface area contributed by atoms with Crippen molar-refractivity contribution in [2.24, 2.45) is 7.05 Å². The predicted molar refractivity (Wildman–Crippen MR) is 115 cm³/mol. The van der Waals surface area contributed by atoms with Gasteiger partial charge in [0.2, 0.25) is 11.1 Å². The minimum atomic E-state index is -0.144. The van der Waals surface area contributed by atoms with Gasteiger partial charge in [-0.25, -0.2) is 14.3 Å². The van der Waals surface area contributed by atoms with E-state index in [9.17, 15) is 9.59 Å². The molecule has 4 aromatic rings. The fraction of sp³-hybridized carbons (Fsp3) is 0.316. The Morgan fingerprint density at radius 3 is 2.77 bits per heavy atom. The summed E-state index contributed by atoms with van der Waals surface area (Å²) in [4.78, 5) is 29.2. The molecular weight excluding hydrogens is 418 g/mol. The Morgan fingerprint density at radius 2 is 2.03 bits per heavy atom. The summed E-state index contributed by atoms with van der Waals surface area (Å²) in [6.07, 6.45) is 3.06. The molecule has 1 amide bonds. The molecule has 1 N–H and O–H groups in total. The molecule has 0 saturated heterocycles. The molecule has 3 heterocycles. The van der Waals surface area contributed by atoms with Gasteiger partial charge >= 0.3 is 0 Å². The molecule has 160 valence electrons. The molecule has 0 spiro atoms. The number of aryl methyl sites for hydroxylation is 2. The van der Waals surface area contributed by atoms with E-state index in [0.29, 0.717) is 35.8 Å². The van der Waals surface area contributed by atoms with Gasteiger partial charge in [0.25, 0.3) is 5.56 Å². The summed E-state index contributed by atoms with van der Waals surface area (Å²) in [7, 11) is 1.71. The first-order valence-corrected chi connectivity index (χ1v) is 10.6. The minimum absolute atomic E-state index is 0.141. The van der Waals surface area contributed by atoms with Crippen molar-refractivity contribution >= 4 is 28.7 Å². The van der Waals surface area contributed by atoms with E-state index >= 15 is 0 Å². The van der Waals surface area contributed by atoms with Crippen molar-refractivity contribution in [1.29, 1.82) is 0 Å². The molecule has 0 saturated carbocycles. The van der Waals surface area contributed by atoms with E-state index in [0.717, 1.165) is 5.56 Å². The predicted octanol–water partition coefficient (Wildman–Crippen LogP) is 0.382. The van der Waals surface area contributed by atoms with E-state index in [4.69, 9.17) is 0 Å². The number of thioether (sulfide) groups is 1. The Morgan fingerprint density at radius 1 is 1.23 bits per heavy atom. The van der Waals surface area contributed by atoms with Gasteiger partial charge in [-0.3, -0.25) is 14.2 Å². The number of tetrazole rings is 1. The number of carbonyl (C=O) groups is 1. The van der Waals surface area contributed by atoms with E-state index < -0.39 is 0 Å². The van der Waals surface area contributed by atoms with Crippen LogP contribution in [0.4, 0.5) is 0 Å². The molecule has 0 atom stereocenters. The Hall–Kier alpha value is -3.54. The first kappa shape index (κ1) is 20.7. The largest absolute Gasteiger partial charge is 0.354 e. The van der Waals surface area contributed by atoms with E-state index in [1.807, 2.05) is 31.2 Å². The average molecular weight is 440 g/mol. The standard InChI is InChI=1S/C19H21N9O2S/c1-13-3-5-14(6-4-13)10-27-12-21-17-15(18(27)30)9-22-28(17)8-7-20-16(29)11-31-19-23-24-25-26(19)2/h3-6,9,12H,7-8,10-11H2,1-2H3,(H,20,29). The zero-order valence-electron chi connectivity index (χ0n) is 17.1. The Kier molecular flexibility index (Phi) is 6.07.